The van der Waals surface area contributed by atoms with Gasteiger partial charge in [0.15, 0.2) is 5.82 Å². The minimum Gasteiger partial charge on any atom is -0.394 e. The smallest absolute Gasteiger partial charge is 0.152 e. The highest BCUT2D eigenvalue weighted by Crippen LogP contribution is 2.30. The molecule has 4 nitrogen and oxygen atoms in total. The molecular formula is C14H18BrFN4. The topological polar surface area (TPSA) is 55.9 Å². The Hall–Kier alpha value is -1.56. The zero-order valence-electron chi connectivity index (χ0n) is 11.8. The van der Waals surface area contributed by atoms with E-state index in [-0.39, 0.29) is 5.82 Å². The summed E-state index contributed by atoms with van der Waals surface area (Å²) in [6, 6.07) is 3.19. The van der Waals surface area contributed by atoms with Crippen molar-refractivity contribution in [3.05, 3.63) is 33.7 Å². The maximum absolute atomic E-state index is 13.5. The van der Waals surface area contributed by atoms with Gasteiger partial charge in [0.05, 0.1) is 15.9 Å². The van der Waals surface area contributed by atoms with Crippen LogP contribution in [-0.2, 0) is 6.54 Å². The van der Waals surface area contributed by atoms with Gasteiger partial charge in [-0.05, 0) is 53.9 Å². The molecule has 3 N–H and O–H groups in total. The summed E-state index contributed by atoms with van der Waals surface area (Å²) in [5.74, 6) is 0.477. The van der Waals surface area contributed by atoms with Gasteiger partial charge in [0, 0.05) is 12.2 Å². The van der Waals surface area contributed by atoms with Gasteiger partial charge in [-0.1, -0.05) is 6.92 Å². The third-order valence-electron chi connectivity index (χ3n) is 3.13. The largest absolute Gasteiger partial charge is 0.394 e. The molecule has 108 valence electrons. The lowest BCUT2D eigenvalue weighted by Gasteiger charge is -2.13. The molecule has 0 atom stereocenters. The third-order valence-corrected chi connectivity index (χ3v) is 3.74. The average molecular weight is 341 g/mol. The van der Waals surface area contributed by atoms with Crippen molar-refractivity contribution >= 4 is 33.1 Å². The fraction of sp³-hybridized carbons (Fsp3) is 0.357. The summed E-state index contributed by atoms with van der Waals surface area (Å²) in [5.41, 5.74) is 9.10. The van der Waals surface area contributed by atoms with Gasteiger partial charge >= 0.3 is 0 Å². The number of aryl methyl sites for hydroxylation is 3. The molecule has 0 saturated carbocycles. The first-order valence-electron chi connectivity index (χ1n) is 6.49. The van der Waals surface area contributed by atoms with Gasteiger partial charge in [-0.25, -0.2) is 9.07 Å². The predicted molar refractivity (Wildman–Crippen MR) is 83.8 cm³/mol. The van der Waals surface area contributed by atoms with Crippen LogP contribution in [0.25, 0.3) is 0 Å². The average Bonchev–Trinajstić information content (AvgIpc) is 2.64. The highest BCUT2D eigenvalue weighted by atomic mass is 79.9. The van der Waals surface area contributed by atoms with Crippen molar-refractivity contribution in [1.29, 1.82) is 0 Å². The predicted octanol–water partition coefficient (Wildman–Crippen LogP) is 4.14. The number of nitrogens with one attached hydrogen (secondary N) is 1. The summed E-state index contributed by atoms with van der Waals surface area (Å²) in [7, 11) is 0. The summed E-state index contributed by atoms with van der Waals surface area (Å²) < 4.78 is 15.7. The van der Waals surface area contributed by atoms with Crippen LogP contribution in [0.3, 0.4) is 0 Å². The summed E-state index contributed by atoms with van der Waals surface area (Å²) in [4.78, 5) is 0. The van der Waals surface area contributed by atoms with Gasteiger partial charge in [0.25, 0.3) is 0 Å². The molecule has 0 saturated heterocycles. The summed E-state index contributed by atoms with van der Waals surface area (Å²) in [5, 5.41) is 7.67. The Bertz CT molecular complexity index is 637. The number of rotatable bonds is 4. The van der Waals surface area contributed by atoms with E-state index in [0.717, 1.165) is 35.7 Å². The van der Waals surface area contributed by atoms with Crippen molar-refractivity contribution in [2.24, 2.45) is 0 Å². The number of nitrogen functional groups attached to an aromatic ring is 1. The molecular weight excluding hydrogens is 323 g/mol. The molecule has 2 aromatic rings. The van der Waals surface area contributed by atoms with Crippen molar-refractivity contribution in [3.63, 3.8) is 0 Å². The number of benzene rings is 1. The van der Waals surface area contributed by atoms with Crippen LogP contribution >= 0.6 is 15.9 Å². The van der Waals surface area contributed by atoms with Crippen molar-refractivity contribution in [2.75, 3.05) is 11.1 Å². The van der Waals surface area contributed by atoms with Crippen molar-refractivity contribution in [1.82, 2.24) is 9.78 Å². The number of hydrogen-bond acceptors (Lipinski definition) is 3. The summed E-state index contributed by atoms with van der Waals surface area (Å²) in [6.45, 7) is 6.58. The lowest BCUT2D eigenvalue weighted by Crippen LogP contribution is -2.06. The van der Waals surface area contributed by atoms with Crippen LogP contribution in [0, 0.1) is 19.7 Å². The number of halogens is 2. The van der Waals surface area contributed by atoms with Crippen LogP contribution in [0.1, 0.15) is 24.6 Å². The van der Waals surface area contributed by atoms with E-state index in [1.165, 1.54) is 6.07 Å². The Balaban J connectivity index is 2.42. The van der Waals surface area contributed by atoms with E-state index in [4.69, 9.17) is 5.73 Å². The van der Waals surface area contributed by atoms with Crippen LogP contribution in [0.15, 0.2) is 16.6 Å². The van der Waals surface area contributed by atoms with E-state index in [1.807, 2.05) is 18.5 Å². The number of nitrogens with zero attached hydrogens (tertiary/aromatic N) is 2. The molecule has 0 aliphatic carbocycles. The van der Waals surface area contributed by atoms with Gasteiger partial charge in [-0.15, -0.1) is 0 Å². The van der Waals surface area contributed by atoms with E-state index in [2.05, 4.69) is 33.3 Å². The van der Waals surface area contributed by atoms with Crippen LogP contribution in [-0.4, -0.2) is 9.78 Å². The van der Waals surface area contributed by atoms with E-state index in [0.29, 0.717) is 10.2 Å². The molecule has 0 amide bonds. The number of anilines is 3. The second kappa shape index (κ2) is 5.83. The maximum atomic E-state index is 13.5. The first-order chi connectivity index (χ1) is 9.43. The molecule has 0 bridgehead atoms. The van der Waals surface area contributed by atoms with Gasteiger partial charge in [0.2, 0.25) is 0 Å². The highest BCUT2D eigenvalue weighted by molar-refractivity contribution is 9.10. The van der Waals surface area contributed by atoms with Gasteiger partial charge in [-0.3, -0.25) is 0 Å². The lowest BCUT2D eigenvalue weighted by molar-refractivity contribution is 0.605. The standard InChI is InChI=1S/C14H18BrFN4/c1-4-5-20-14(13(17)9(3)19-20)18-12-7-10(15)11(16)6-8(12)2/h6-7,18H,4-5,17H2,1-3H3. The van der Waals surface area contributed by atoms with Gasteiger partial charge in [0.1, 0.15) is 5.82 Å². The summed E-state index contributed by atoms with van der Waals surface area (Å²) >= 11 is 3.20. The quantitative estimate of drug-likeness (QED) is 0.879. The molecule has 2 rings (SSSR count). The van der Waals surface area contributed by atoms with Crippen LogP contribution in [0.5, 0.6) is 0 Å². The van der Waals surface area contributed by atoms with E-state index >= 15 is 0 Å². The zero-order valence-corrected chi connectivity index (χ0v) is 13.4. The fourth-order valence-corrected chi connectivity index (χ4v) is 2.35. The monoisotopic (exact) mass is 340 g/mol. The lowest BCUT2D eigenvalue weighted by atomic mass is 10.2. The minimum absolute atomic E-state index is 0.278. The molecule has 0 spiro atoms. The Kier molecular flexibility index (Phi) is 4.32. The molecule has 0 aliphatic heterocycles. The van der Waals surface area contributed by atoms with Crippen LogP contribution < -0.4 is 11.1 Å². The second-order valence-electron chi connectivity index (χ2n) is 4.78. The molecule has 1 heterocycles. The van der Waals surface area contributed by atoms with Crippen LogP contribution in [0.4, 0.5) is 21.6 Å². The minimum atomic E-state index is -0.278. The number of aromatic nitrogens is 2. The Morgan fingerprint density at radius 3 is 2.75 bits per heavy atom. The Morgan fingerprint density at radius 1 is 1.40 bits per heavy atom. The molecule has 1 aromatic carbocycles. The summed E-state index contributed by atoms with van der Waals surface area (Å²) in [6.07, 6.45) is 0.960. The first-order valence-corrected chi connectivity index (χ1v) is 7.28. The molecule has 0 unspecified atom stereocenters. The normalized spacial score (nSPS) is 10.8. The van der Waals surface area contributed by atoms with Crippen molar-refractivity contribution in [3.8, 4) is 0 Å². The van der Waals surface area contributed by atoms with E-state index in [1.54, 1.807) is 6.07 Å². The maximum Gasteiger partial charge on any atom is 0.152 e. The van der Waals surface area contributed by atoms with Crippen molar-refractivity contribution in [2.45, 2.75) is 33.7 Å². The Morgan fingerprint density at radius 2 is 2.10 bits per heavy atom. The first kappa shape index (κ1) is 14.8. The molecule has 20 heavy (non-hydrogen) atoms. The van der Waals surface area contributed by atoms with Crippen LogP contribution in [0.2, 0.25) is 0 Å². The van der Waals surface area contributed by atoms with Crippen molar-refractivity contribution < 1.29 is 4.39 Å². The highest BCUT2D eigenvalue weighted by Gasteiger charge is 2.14. The van der Waals surface area contributed by atoms with E-state index in [9.17, 15) is 4.39 Å². The second-order valence-corrected chi connectivity index (χ2v) is 5.63. The molecule has 6 heteroatoms. The van der Waals surface area contributed by atoms with Gasteiger partial charge < -0.3 is 11.1 Å². The zero-order chi connectivity index (χ0) is 14.9. The third kappa shape index (κ3) is 2.80. The number of nitrogens with two attached hydrogens (primary N) is 1. The van der Waals surface area contributed by atoms with E-state index < -0.39 is 0 Å². The molecule has 0 radical (unpaired) electrons. The molecule has 0 fully saturated rings. The SMILES string of the molecule is CCCn1nc(C)c(N)c1Nc1cc(Br)c(F)cc1C. The Labute approximate surface area is 126 Å². The molecule has 1 aromatic heterocycles. The van der Waals surface area contributed by atoms with Gasteiger partial charge in [-0.2, -0.15) is 5.10 Å². The number of hydrogen-bond donors (Lipinski definition) is 2. The fourth-order valence-electron chi connectivity index (χ4n) is 2.01. The molecule has 0 aliphatic rings.